The molecule has 0 atom stereocenters. The van der Waals surface area contributed by atoms with E-state index in [4.69, 9.17) is 5.73 Å². The van der Waals surface area contributed by atoms with Crippen LogP contribution in [0, 0.1) is 0 Å². The van der Waals surface area contributed by atoms with Crippen LogP contribution in [0.15, 0.2) is 64.7 Å². The van der Waals surface area contributed by atoms with E-state index < -0.39 is 0 Å². The number of hydrogen-bond acceptors (Lipinski definition) is 4. The van der Waals surface area contributed by atoms with E-state index in [0.717, 1.165) is 5.00 Å². The van der Waals surface area contributed by atoms with Gasteiger partial charge >= 0.3 is 0 Å². The van der Waals surface area contributed by atoms with E-state index in [1.165, 1.54) is 32.0 Å². The first kappa shape index (κ1) is 13.8. The highest BCUT2D eigenvalue weighted by atomic mass is 32.1. The molecule has 4 heteroatoms. The molecule has 1 nitrogen and oxygen atoms in total. The summed E-state index contributed by atoms with van der Waals surface area (Å²) in [5, 5.41) is 7.28. The smallest absolute Gasteiger partial charge is 0.0949 e. The van der Waals surface area contributed by atoms with Gasteiger partial charge < -0.3 is 5.73 Å². The van der Waals surface area contributed by atoms with Crippen molar-refractivity contribution < 1.29 is 0 Å². The fraction of sp³-hybridized carbons (Fsp3) is 0. The van der Waals surface area contributed by atoms with Crippen molar-refractivity contribution in [2.75, 3.05) is 5.73 Å². The van der Waals surface area contributed by atoms with Crippen molar-refractivity contribution in [2.45, 2.75) is 0 Å². The molecule has 1 aromatic carbocycles. The first-order valence-corrected chi connectivity index (χ1v) is 9.52. The summed E-state index contributed by atoms with van der Waals surface area (Å²) < 4.78 is 0. The van der Waals surface area contributed by atoms with Gasteiger partial charge in [-0.2, -0.15) is 11.3 Å². The second-order valence-corrected chi connectivity index (χ2v) is 7.68. The summed E-state index contributed by atoms with van der Waals surface area (Å²) in [5.41, 5.74) is 11.3. The van der Waals surface area contributed by atoms with Crippen molar-refractivity contribution in [3.63, 3.8) is 0 Å². The highest BCUT2D eigenvalue weighted by Gasteiger charge is 2.21. The average molecular weight is 340 g/mol. The van der Waals surface area contributed by atoms with Gasteiger partial charge in [0.15, 0.2) is 0 Å². The van der Waals surface area contributed by atoms with Crippen molar-refractivity contribution in [3.8, 4) is 32.0 Å². The molecule has 0 unspecified atom stereocenters. The molecule has 0 fully saturated rings. The number of benzene rings is 1. The molecule has 0 spiro atoms. The van der Waals surface area contributed by atoms with Gasteiger partial charge in [0.25, 0.3) is 0 Å². The molecule has 2 N–H and O–H groups in total. The van der Waals surface area contributed by atoms with E-state index in [9.17, 15) is 0 Å². The fourth-order valence-electron chi connectivity index (χ4n) is 2.60. The number of nitrogen functional groups attached to an aromatic ring is 1. The van der Waals surface area contributed by atoms with E-state index in [1.54, 1.807) is 34.0 Å². The molecule has 0 saturated carbocycles. The van der Waals surface area contributed by atoms with Crippen molar-refractivity contribution in [3.05, 3.63) is 64.7 Å². The molecule has 0 saturated heterocycles. The SMILES string of the molecule is Nc1sc(-c2cccs2)c(-c2ccccc2)c1-c1ccsc1. The Bertz CT molecular complexity index is 872. The molecule has 3 aromatic heterocycles. The van der Waals surface area contributed by atoms with Gasteiger partial charge in [0.1, 0.15) is 0 Å². The highest BCUT2D eigenvalue weighted by molar-refractivity contribution is 7.24. The molecule has 108 valence electrons. The molecule has 0 aliphatic carbocycles. The van der Waals surface area contributed by atoms with E-state index in [1.807, 2.05) is 6.07 Å². The van der Waals surface area contributed by atoms with Crippen molar-refractivity contribution in [1.29, 1.82) is 0 Å². The third-order valence-corrected chi connectivity index (χ3v) is 6.30. The molecule has 22 heavy (non-hydrogen) atoms. The van der Waals surface area contributed by atoms with Crippen LogP contribution >= 0.6 is 34.0 Å². The van der Waals surface area contributed by atoms with Gasteiger partial charge in [0, 0.05) is 16.0 Å². The van der Waals surface area contributed by atoms with Gasteiger partial charge in [0.2, 0.25) is 0 Å². The van der Waals surface area contributed by atoms with Crippen LogP contribution in [0.25, 0.3) is 32.0 Å². The van der Waals surface area contributed by atoms with Gasteiger partial charge in [-0.05, 0) is 39.4 Å². The number of rotatable bonds is 3. The summed E-state index contributed by atoms with van der Waals surface area (Å²) in [7, 11) is 0. The van der Waals surface area contributed by atoms with Crippen molar-refractivity contribution in [2.24, 2.45) is 0 Å². The van der Waals surface area contributed by atoms with E-state index >= 15 is 0 Å². The standard InChI is InChI=1S/C18H13NS3/c19-18-16(13-8-10-20-11-13)15(12-5-2-1-3-6-12)17(22-18)14-7-4-9-21-14/h1-11H,19H2. The highest BCUT2D eigenvalue weighted by Crippen LogP contribution is 2.50. The van der Waals surface area contributed by atoms with Crippen molar-refractivity contribution in [1.82, 2.24) is 0 Å². The summed E-state index contributed by atoms with van der Waals surface area (Å²) in [4.78, 5) is 2.54. The van der Waals surface area contributed by atoms with E-state index in [0.29, 0.717) is 0 Å². The minimum Gasteiger partial charge on any atom is -0.390 e. The second-order valence-electron chi connectivity index (χ2n) is 4.90. The lowest BCUT2D eigenvalue weighted by molar-refractivity contribution is 1.66. The number of hydrogen-bond donors (Lipinski definition) is 1. The lowest BCUT2D eigenvalue weighted by atomic mass is 9.97. The lowest BCUT2D eigenvalue weighted by Crippen LogP contribution is -1.85. The maximum absolute atomic E-state index is 6.40. The zero-order valence-electron chi connectivity index (χ0n) is 11.7. The normalized spacial score (nSPS) is 10.9. The molecule has 0 amide bonds. The third-order valence-electron chi connectivity index (χ3n) is 3.55. The Hall–Kier alpha value is -1.88. The van der Waals surface area contributed by atoms with Gasteiger partial charge in [-0.15, -0.1) is 22.7 Å². The topological polar surface area (TPSA) is 26.0 Å². The average Bonchev–Trinajstić information content (AvgIpc) is 3.28. The monoisotopic (exact) mass is 339 g/mol. The number of thiophene rings is 3. The van der Waals surface area contributed by atoms with Crippen LogP contribution in [-0.2, 0) is 0 Å². The predicted octanol–water partition coefficient (Wildman–Crippen LogP) is 6.45. The zero-order chi connectivity index (χ0) is 14.9. The van der Waals surface area contributed by atoms with Gasteiger partial charge in [-0.25, -0.2) is 0 Å². The number of anilines is 1. The maximum Gasteiger partial charge on any atom is 0.0949 e. The van der Waals surface area contributed by atoms with Crippen molar-refractivity contribution >= 4 is 39.0 Å². The van der Waals surface area contributed by atoms with Crippen LogP contribution in [0.5, 0.6) is 0 Å². The molecule has 0 radical (unpaired) electrons. The number of nitrogens with two attached hydrogens (primary N) is 1. The third kappa shape index (κ3) is 2.29. The predicted molar refractivity (Wildman–Crippen MR) is 101 cm³/mol. The zero-order valence-corrected chi connectivity index (χ0v) is 14.1. The van der Waals surface area contributed by atoms with Crippen LogP contribution in [0.2, 0.25) is 0 Å². The summed E-state index contributed by atoms with van der Waals surface area (Å²) in [6, 6.07) is 16.9. The summed E-state index contributed by atoms with van der Waals surface area (Å²) in [6.45, 7) is 0. The first-order valence-electron chi connectivity index (χ1n) is 6.88. The minimum atomic E-state index is 0.889. The molecule has 4 aromatic rings. The Morgan fingerprint density at radius 1 is 0.773 bits per heavy atom. The van der Waals surface area contributed by atoms with Crippen LogP contribution < -0.4 is 5.73 Å². The van der Waals surface area contributed by atoms with Crippen LogP contribution in [-0.4, -0.2) is 0 Å². The largest absolute Gasteiger partial charge is 0.390 e. The molecule has 3 heterocycles. The van der Waals surface area contributed by atoms with Gasteiger partial charge in [-0.3, -0.25) is 0 Å². The Labute approximate surface area is 141 Å². The molecule has 4 rings (SSSR count). The quantitative estimate of drug-likeness (QED) is 0.456. The Morgan fingerprint density at radius 2 is 1.64 bits per heavy atom. The summed E-state index contributed by atoms with van der Waals surface area (Å²) in [5.74, 6) is 0. The Kier molecular flexibility index (Phi) is 3.58. The fourth-order valence-corrected chi connectivity index (χ4v) is 5.22. The Balaban J connectivity index is 2.04. The molecule has 0 aliphatic rings. The van der Waals surface area contributed by atoms with E-state index in [-0.39, 0.29) is 0 Å². The maximum atomic E-state index is 6.40. The van der Waals surface area contributed by atoms with Crippen LogP contribution in [0.3, 0.4) is 0 Å². The first-order chi connectivity index (χ1) is 10.8. The summed E-state index contributed by atoms with van der Waals surface area (Å²) in [6.07, 6.45) is 0. The molecule has 0 aliphatic heterocycles. The minimum absolute atomic E-state index is 0.889. The molecule has 0 bridgehead atoms. The van der Waals surface area contributed by atoms with Gasteiger partial charge in [-0.1, -0.05) is 36.4 Å². The van der Waals surface area contributed by atoms with E-state index in [2.05, 4.69) is 58.6 Å². The van der Waals surface area contributed by atoms with Crippen LogP contribution in [0.4, 0.5) is 5.00 Å². The van der Waals surface area contributed by atoms with Gasteiger partial charge in [0.05, 0.1) is 9.88 Å². The molecular formula is C18H13NS3. The van der Waals surface area contributed by atoms with Crippen LogP contribution in [0.1, 0.15) is 0 Å². The second kappa shape index (κ2) is 5.72. The summed E-state index contributed by atoms with van der Waals surface area (Å²) >= 11 is 5.15. The molecular weight excluding hydrogens is 326 g/mol. The lowest BCUT2D eigenvalue weighted by Gasteiger charge is -2.07. The Morgan fingerprint density at radius 3 is 2.32 bits per heavy atom.